The fourth-order valence-electron chi connectivity index (χ4n) is 2.17. The standard InChI is InChI=1S/C12H19NOS/c1-3-13-11(9-5-4-6-9)12-10(14-2)7-8-15-12/h7-9,11,13H,3-6H2,1-2H3. The quantitative estimate of drug-likeness (QED) is 0.831. The smallest absolute Gasteiger partial charge is 0.134 e. The SMILES string of the molecule is CCNC(c1sccc1OC)C1CCC1. The zero-order chi connectivity index (χ0) is 10.7. The van der Waals surface area contributed by atoms with E-state index in [-0.39, 0.29) is 0 Å². The highest BCUT2D eigenvalue weighted by atomic mass is 32.1. The first-order chi connectivity index (χ1) is 7.36. The van der Waals surface area contributed by atoms with Gasteiger partial charge in [-0.2, -0.15) is 0 Å². The predicted molar refractivity (Wildman–Crippen MR) is 64.6 cm³/mol. The zero-order valence-electron chi connectivity index (χ0n) is 9.45. The van der Waals surface area contributed by atoms with Crippen molar-refractivity contribution in [3.05, 3.63) is 16.3 Å². The molecule has 0 saturated heterocycles. The van der Waals surface area contributed by atoms with Crippen LogP contribution in [0, 0.1) is 5.92 Å². The van der Waals surface area contributed by atoms with Gasteiger partial charge in [-0.25, -0.2) is 0 Å². The summed E-state index contributed by atoms with van der Waals surface area (Å²) >= 11 is 1.81. The van der Waals surface area contributed by atoms with Gasteiger partial charge in [-0.15, -0.1) is 11.3 Å². The van der Waals surface area contributed by atoms with Crippen molar-refractivity contribution in [1.29, 1.82) is 0 Å². The summed E-state index contributed by atoms with van der Waals surface area (Å²) in [5.74, 6) is 1.87. The molecule has 2 nitrogen and oxygen atoms in total. The Labute approximate surface area is 95.6 Å². The predicted octanol–water partition coefficient (Wildman–Crippen LogP) is 3.21. The van der Waals surface area contributed by atoms with Crippen molar-refractivity contribution in [3.63, 3.8) is 0 Å². The van der Waals surface area contributed by atoms with E-state index in [9.17, 15) is 0 Å². The normalized spacial score (nSPS) is 18.5. The minimum atomic E-state index is 0.513. The molecule has 1 heterocycles. The van der Waals surface area contributed by atoms with Gasteiger partial charge in [0, 0.05) is 6.04 Å². The molecule has 0 aliphatic heterocycles. The van der Waals surface area contributed by atoms with Crippen LogP contribution in [0.25, 0.3) is 0 Å². The topological polar surface area (TPSA) is 21.3 Å². The van der Waals surface area contributed by atoms with E-state index in [2.05, 4.69) is 23.7 Å². The van der Waals surface area contributed by atoms with Crippen LogP contribution in [0.2, 0.25) is 0 Å². The summed E-state index contributed by atoms with van der Waals surface area (Å²) in [5, 5.41) is 5.71. The number of hydrogen-bond donors (Lipinski definition) is 1. The molecule has 1 saturated carbocycles. The largest absolute Gasteiger partial charge is 0.496 e. The van der Waals surface area contributed by atoms with Crippen molar-refractivity contribution in [2.75, 3.05) is 13.7 Å². The van der Waals surface area contributed by atoms with Crippen LogP contribution in [0.1, 0.15) is 37.1 Å². The fraction of sp³-hybridized carbons (Fsp3) is 0.667. The average Bonchev–Trinajstić information content (AvgIpc) is 2.61. The van der Waals surface area contributed by atoms with Crippen molar-refractivity contribution in [2.45, 2.75) is 32.2 Å². The molecular weight excluding hydrogens is 206 g/mol. The molecule has 1 aromatic rings. The number of thiophene rings is 1. The molecule has 2 rings (SSSR count). The Balaban J connectivity index is 2.15. The van der Waals surface area contributed by atoms with E-state index in [0.717, 1.165) is 18.2 Å². The maximum absolute atomic E-state index is 5.40. The highest BCUT2D eigenvalue weighted by Crippen LogP contribution is 2.42. The molecule has 1 aromatic heterocycles. The molecule has 1 aliphatic rings. The van der Waals surface area contributed by atoms with Crippen molar-refractivity contribution in [3.8, 4) is 5.75 Å². The van der Waals surface area contributed by atoms with Crippen LogP contribution in [-0.4, -0.2) is 13.7 Å². The van der Waals surface area contributed by atoms with Gasteiger partial charge in [-0.3, -0.25) is 0 Å². The summed E-state index contributed by atoms with van der Waals surface area (Å²) in [6.07, 6.45) is 4.11. The van der Waals surface area contributed by atoms with Crippen LogP contribution < -0.4 is 10.1 Å². The van der Waals surface area contributed by atoms with E-state index in [4.69, 9.17) is 4.74 Å². The van der Waals surface area contributed by atoms with Crippen molar-refractivity contribution < 1.29 is 4.74 Å². The fourth-order valence-corrected chi connectivity index (χ4v) is 3.20. The van der Waals surface area contributed by atoms with Gasteiger partial charge in [0.2, 0.25) is 0 Å². The molecule has 1 atom stereocenters. The molecule has 1 N–H and O–H groups in total. The second-order valence-electron chi connectivity index (χ2n) is 4.08. The number of nitrogens with one attached hydrogen (secondary N) is 1. The number of rotatable bonds is 5. The van der Waals surface area contributed by atoms with Crippen LogP contribution in [0.15, 0.2) is 11.4 Å². The Bertz CT molecular complexity index is 306. The third-order valence-corrected chi connectivity index (χ3v) is 4.19. The molecule has 15 heavy (non-hydrogen) atoms. The van der Waals surface area contributed by atoms with E-state index in [1.807, 2.05) is 11.3 Å². The number of methoxy groups -OCH3 is 1. The van der Waals surface area contributed by atoms with E-state index in [1.165, 1.54) is 24.1 Å². The lowest BCUT2D eigenvalue weighted by atomic mass is 9.79. The highest BCUT2D eigenvalue weighted by molar-refractivity contribution is 7.10. The van der Waals surface area contributed by atoms with E-state index < -0.39 is 0 Å². The van der Waals surface area contributed by atoms with Crippen molar-refractivity contribution >= 4 is 11.3 Å². The summed E-state index contributed by atoms with van der Waals surface area (Å²) in [5.41, 5.74) is 0. The Hall–Kier alpha value is -0.540. The summed E-state index contributed by atoms with van der Waals surface area (Å²) in [6, 6.07) is 2.59. The van der Waals surface area contributed by atoms with Gasteiger partial charge in [0.25, 0.3) is 0 Å². The zero-order valence-corrected chi connectivity index (χ0v) is 10.3. The summed E-state index contributed by atoms with van der Waals surface area (Å²) < 4.78 is 5.40. The Kier molecular flexibility index (Phi) is 3.65. The maximum Gasteiger partial charge on any atom is 0.134 e. The van der Waals surface area contributed by atoms with Crippen molar-refractivity contribution in [2.24, 2.45) is 5.92 Å². The molecule has 0 radical (unpaired) electrons. The third kappa shape index (κ3) is 2.18. The van der Waals surface area contributed by atoms with Gasteiger partial charge < -0.3 is 10.1 Å². The highest BCUT2D eigenvalue weighted by Gasteiger charge is 2.30. The minimum Gasteiger partial charge on any atom is -0.496 e. The third-order valence-electron chi connectivity index (χ3n) is 3.20. The lowest BCUT2D eigenvalue weighted by Gasteiger charge is -2.34. The lowest BCUT2D eigenvalue weighted by Crippen LogP contribution is -2.31. The molecule has 1 aliphatic carbocycles. The molecule has 3 heteroatoms. The first-order valence-electron chi connectivity index (χ1n) is 5.71. The van der Waals surface area contributed by atoms with Gasteiger partial charge in [-0.1, -0.05) is 13.3 Å². The summed E-state index contributed by atoms with van der Waals surface area (Å²) in [4.78, 5) is 1.38. The molecule has 1 unspecified atom stereocenters. The lowest BCUT2D eigenvalue weighted by molar-refractivity contribution is 0.232. The van der Waals surface area contributed by atoms with E-state index in [1.54, 1.807) is 7.11 Å². The Morgan fingerprint density at radius 3 is 2.93 bits per heavy atom. The first-order valence-corrected chi connectivity index (χ1v) is 6.59. The van der Waals surface area contributed by atoms with Gasteiger partial charge in [-0.05, 0) is 36.8 Å². The van der Waals surface area contributed by atoms with Gasteiger partial charge >= 0.3 is 0 Å². The van der Waals surface area contributed by atoms with E-state index in [0.29, 0.717) is 6.04 Å². The molecule has 0 spiro atoms. The monoisotopic (exact) mass is 225 g/mol. The molecule has 1 fully saturated rings. The average molecular weight is 225 g/mol. The van der Waals surface area contributed by atoms with Gasteiger partial charge in [0.1, 0.15) is 5.75 Å². The van der Waals surface area contributed by atoms with Gasteiger partial charge in [0.05, 0.1) is 12.0 Å². The maximum atomic E-state index is 5.40. The summed E-state index contributed by atoms with van der Waals surface area (Å²) in [6.45, 7) is 3.20. The van der Waals surface area contributed by atoms with Crippen molar-refractivity contribution in [1.82, 2.24) is 5.32 Å². The summed E-state index contributed by atoms with van der Waals surface area (Å²) in [7, 11) is 1.76. The number of hydrogen-bond acceptors (Lipinski definition) is 3. The van der Waals surface area contributed by atoms with Crippen LogP contribution in [0.3, 0.4) is 0 Å². The molecule has 84 valence electrons. The minimum absolute atomic E-state index is 0.513. The number of ether oxygens (including phenoxy) is 1. The van der Waals surface area contributed by atoms with Crippen LogP contribution in [0.5, 0.6) is 5.75 Å². The van der Waals surface area contributed by atoms with Crippen LogP contribution in [-0.2, 0) is 0 Å². The van der Waals surface area contributed by atoms with Gasteiger partial charge in [0.15, 0.2) is 0 Å². The van der Waals surface area contributed by atoms with Crippen LogP contribution in [0.4, 0.5) is 0 Å². The molecule has 0 amide bonds. The first kappa shape index (κ1) is 11.0. The molecule has 0 bridgehead atoms. The van der Waals surface area contributed by atoms with E-state index >= 15 is 0 Å². The molecule has 0 aromatic carbocycles. The van der Waals surface area contributed by atoms with Crippen LogP contribution >= 0.6 is 11.3 Å². The Morgan fingerprint density at radius 2 is 2.40 bits per heavy atom. The second-order valence-corrected chi connectivity index (χ2v) is 5.03. The Morgan fingerprint density at radius 1 is 1.60 bits per heavy atom. The molecular formula is C12H19NOS. The second kappa shape index (κ2) is 4.99.